The van der Waals surface area contributed by atoms with Crippen LogP contribution in [0.4, 0.5) is 0 Å². The first-order chi connectivity index (χ1) is 53.7. The van der Waals surface area contributed by atoms with Gasteiger partial charge >= 0.3 is 5.97 Å². The summed E-state index contributed by atoms with van der Waals surface area (Å²) in [5, 5.41) is 92.3. The topological polar surface area (TPSA) is 719 Å². The van der Waals surface area contributed by atoms with E-state index in [1.54, 1.807) is 0 Å². The van der Waals surface area contributed by atoms with E-state index < -0.39 is 225 Å². The molecule has 30 N–H and O–H groups in total. The average Bonchev–Trinajstić information content (AvgIpc) is 1.62. The number of nitrogens with one attached hydrogen (secondary N) is 18. The lowest BCUT2D eigenvalue weighted by molar-refractivity contribution is -0.139. The number of aromatic hydroxyl groups is 2. The Morgan fingerprint density at radius 1 is 0.474 bits per heavy atom. The molecule has 1 heterocycles. The van der Waals surface area contributed by atoms with Crippen molar-refractivity contribution in [1.82, 2.24) is 90.0 Å². The Hall–Kier alpha value is -12.2. The van der Waals surface area contributed by atoms with Crippen LogP contribution in [-0.2, 0) is 94.3 Å². The minimum absolute atomic E-state index is 0.0126. The third kappa shape index (κ3) is 35.9. The molecule has 0 saturated carbocycles. The number of carbonyl (C=O) groups is 17. The van der Waals surface area contributed by atoms with E-state index in [2.05, 4.69) is 97.7 Å². The van der Waals surface area contributed by atoms with Gasteiger partial charge in [-0.25, -0.2) is 0 Å². The van der Waals surface area contributed by atoms with Gasteiger partial charge in [0.2, 0.25) is 94.5 Å². The van der Waals surface area contributed by atoms with Gasteiger partial charge in [0, 0.05) is 44.6 Å². The van der Waals surface area contributed by atoms with Crippen molar-refractivity contribution >= 4 is 125 Å². The van der Waals surface area contributed by atoms with Crippen molar-refractivity contribution in [3.63, 3.8) is 0 Å². The fraction of sp³-hybridized carbons (Fsp3) is 0.551. The molecule has 0 bridgehead atoms. The first-order valence-electron chi connectivity index (χ1n) is 36.3. The number of hydrogen-bond donors (Lipinski definition) is 27. The lowest BCUT2D eigenvalue weighted by Gasteiger charge is -2.27. The summed E-state index contributed by atoms with van der Waals surface area (Å²) >= 11 is 4.22. The second-order valence-electron chi connectivity index (χ2n) is 27.1. The number of carboxylic acids is 1. The molecule has 2 aromatic rings. The number of aliphatic carboxylic acids is 1. The van der Waals surface area contributed by atoms with E-state index in [0.717, 1.165) is 4.90 Å². The van der Waals surface area contributed by atoms with Crippen LogP contribution in [0.3, 0.4) is 0 Å². The lowest BCUT2D eigenvalue weighted by Crippen LogP contribution is -2.60. The summed E-state index contributed by atoms with van der Waals surface area (Å²) in [6.45, 7) is 3.91. The number of benzene rings is 2. The predicted molar refractivity (Wildman–Crippen MR) is 409 cm³/mol. The molecule has 2 aromatic carbocycles. The third-order valence-electron chi connectivity index (χ3n) is 17.1. The van der Waals surface area contributed by atoms with Crippen molar-refractivity contribution < 1.29 is 102 Å². The van der Waals surface area contributed by atoms with Crippen LogP contribution >= 0.6 is 12.6 Å². The summed E-state index contributed by atoms with van der Waals surface area (Å²) < 4.78 is 0. The van der Waals surface area contributed by atoms with E-state index in [9.17, 15) is 102 Å². The molecule has 1 aliphatic rings. The van der Waals surface area contributed by atoms with Gasteiger partial charge in [-0.2, -0.15) is 12.6 Å². The highest BCUT2D eigenvalue weighted by Crippen LogP contribution is 2.19. The number of nitrogens with zero attached hydrogens (tertiary/aromatic N) is 1. The van der Waals surface area contributed by atoms with Gasteiger partial charge in [0.15, 0.2) is 11.9 Å². The van der Waals surface area contributed by atoms with Crippen molar-refractivity contribution in [3.8, 4) is 11.5 Å². The van der Waals surface area contributed by atoms with Gasteiger partial charge in [0.05, 0.1) is 38.8 Å². The van der Waals surface area contributed by atoms with Crippen molar-refractivity contribution in [2.24, 2.45) is 28.9 Å². The van der Waals surface area contributed by atoms with E-state index in [1.807, 2.05) is 13.8 Å². The highest BCUT2D eigenvalue weighted by molar-refractivity contribution is 7.80. The summed E-state index contributed by atoms with van der Waals surface area (Å²) in [6.07, 6.45) is -0.921. The number of likely N-dealkylation sites (tertiary alicyclic amines) is 1. The van der Waals surface area contributed by atoms with Crippen molar-refractivity contribution in [3.05, 3.63) is 59.7 Å². The smallest absolute Gasteiger partial charge is 0.303 e. The molecule has 0 unspecified atom stereocenters. The minimum Gasteiger partial charge on any atom is -0.508 e. The average molecular weight is 1630 g/mol. The zero-order valence-corrected chi connectivity index (χ0v) is 64.6. The first kappa shape index (κ1) is 96.0. The molecule has 1 fully saturated rings. The van der Waals surface area contributed by atoms with Crippen LogP contribution in [0.1, 0.15) is 104 Å². The molecule has 45 heteroatoms. The molecule has 0 spiro atoms. The maximum absolute atomic E-state index is 13.9. The van der Waals surface area contributed by atoms with Crippen LogP contribution in [-0.4, -0.2) is 268 Å². The quantitative estimate of drug-likeness (QED) is 0.0127. The molecular formula is C69H107N23O21S. The molecule has 0 radical (unpaired) electrons. The lowest BCUT2D eigenvalue weighted by atomic mass is 10.0. The van der Waals surface area contributed by atoms with E-state index >= 15 is 0 Å². The van der Waals surface area contributed by atoms with Gasteiger partial charge in [-0.15, -0.1) is 0 Å². The Balaban J connectivity index is 1.55. The summed E-state index contributed by atoms with van der Waals surface area (Å²) in [7, 11) is 0. The minimum atomic E-state index is -1.69. The molecule has 0 aromatic heterocycles. The predicted octanol–water partition coefficient (Wildman–Crippen LogP) is -9.58. The molecule has 44 nitrogen and oxygen atoms in total. The molecule has 630 valence electrons. The molecule has 3 rings (SSSR count). The fourth-order valence-electron chi connectivity index (χ4n) is 10.9. The molecule has 114 heavy (non-hydrogen) atoms. The van der Waals surface area contributed by atoms with Crippen LogP contribution in [0.5, 0.6) is 11.5 Å². The summed E-state index contributed by atoms with van der Waals surface area (Å²) in [6, 6.07) is -5.45. The number of phenolic OH excluding ortho intramolecular Hbond substituents is 2. The number of primary amides is 1. The van der Waals surface area contributed by atoms with Crippen LogP contribution in [0.2, 0.25) is 0 Å². The number of nitrogens with two attached hydrogens (primary N) is 4. The highest BCUT2D eigenvalue weighted by Gasteiger charge is 2.38. The number of thiol groups is 1. The highest BCUT2D eigenvalue weighted by atomic mass is 32.1. The summed E-state index contributed by atoms with van der Waals surface area (Å²) in [5.74, 6) is -17.2. The fourth-order valence-corrected chi connectivity index (χ4v) is 11.2. The Morgan fingerprint density at radius 2 is 0.868 bits per heavy atom. The third-order valence-corrected chi connectivity index (χ3v) is 17.5. The van der Waals surface area contributed by atoms with Gasteiger partial charge in [-0.05, 0) is 113 Å². The Morgan fingerprint density at radius 3 is 1.32 bits per heavy atom. The Kier molecular flexibility index (Phi) is 41.5. The summed E-state index contributed by atoms with van der Waals surface area (Å²) in [5.41, 5.74) is 23.1. The van der Waals surface area contributed by atoms with Crippen LogP contribution in [0, 0.1) is 16.7 Å². The number of phenols is 2. The number of aliphatic hydroxyl groups is 1. The first-order valence-corrected chi connectivity index (χ1v) is 37.0. The molecule has 16 amide bonds. The maximum Gasteiger partial charge on any atom is 0.303 e. The standard InChI is InChI=1S/C69H107N23O21S/c1-34(2)25-42(70)60(106)88-46(26-38-12-16-40(94)17-13-38)64(110)86-43(9-6-22-76-68(72)73)61(107)83-36(4)58(104)81-30-53(98)82-35(3)57(103)80-29-52(97)78-28-51(96)79-31-54(99)92-24-8-11-50(92)67(113)91-49(33-114)66(112)87-44(10-7-23-77-69(74)75)62(108)84-37(5)59(105)85-45(20-21-55(100)101)63(109)89-47(27-39-14-18-41(95)19-15-39)65(111)90-48(32-93)56(71)102/h12-19,34-37,42-50,93-95,114H,6-11,20-33,70H2,1-5H3,(H2,71,102)(H,78,97)(H,79,96)(H,80,103)(H,81,104)(H,82,98)(H,83,107)(H,84,108)(H,85,105)(H,86,110)(H,87,112)(H,88,106)(H,89,109)(H,90,111)(H,91,113)(H,100,101)(H4,72,73,76)(H4,74,75,77)/t35-,36-,37-,42-,43-,44-,45-,46-,47-,48-,49-,50-/m0/s1. The Labute approximate surface area is 661 Å². The second-order valence-corrected chi connectivity index (χ2v) is 27.4. The van der Waals surface area contributed by atoms with Gasteiger partial charge in [-0.1, -0.05) is 38.1 Å². The number of hydrogen-bond acceptors (Lipinski definition) is 24. The van der Waals surface area contributed by atoms with Crippen molar-refractivity contribution in [1.29, 1.82) is 10.8 Å². The number of rotatable bonds is 49. The Bertz CT molecular complexity index is 3730. The van der Waals surface area contributed by atoms with Gasteiger partial charge in [0.1, 0.15) is 78.0 Å². The van der Waals surface area contributed by atoms with Crippen LogP contribution < -0.4 is 108 Å². The number of carbonyl (C=O) groups excluding carboxylic acids is 16. The second kappa shape index (κ2) is 49.3. The van der Waals surface area contributed by atoms with Crippen LogP contribution in [0.15, 0.2) is 48.5 Å². The normalized spacial score (nSPS) is 15.1. The molecular weight excluding hydrogens is 1520 g/mol. The van der Waals surface area contributed by atoms with Gasteiger partial charge in [-0.3, -0.25) is 92.3 Å². The monoisotopic (exact) mass is 1630 g/mol. The van der Waals surface area contributed by atoms with Gasteiger partial charge < -0.3 is 133 Å². The van der Waals surface area contributed by atoms with E-state index in [4.69, 9.17) is 33.8 Å². The van der Waals surface area contributed by atoms with Crippen molar-refractivity contribution in [2.75, 3.05) is 58.2 Å². The molecule has 12 atom stereocenters. The SMILES string of the molecule is CC(C)C[C@H](N)C(=O)N[C@@H](Cc1ccc(O)cc1)C(=O)N[C@@H](CCCNC(=N)N)C(=O)N[C@@H](C)C(=O)NCC(=O)N[C@@H](C)C(=O)NCC(=O)NCC(=O)NCC(=O)N1CCC[C@H]1C(=O)N[C@@H](CS)C(=O)N[C@@H](CCCNC(=N)N)C(=O)N[C@@H](C)C(=O)N[C@@H](CCC(=O)O)C(=O)N[C@@H](Cc1ccc(O)cc1)C(=O)N[C@@H](CO)C(N)=O. The number of aliphatic hydroxyl groups excluding tert-OH is 1. The molecule has 1 aliphatic heterocycles. The van der Waals surface area contributed by atoms with E-state index in [1.165, 1.54) is 69.3 Å². The number of guanidine groups is 2. The molecule has 1 saturated heterocycles. The van der Waals surface area contributed by atoms with Crippen molar-refractivity contribution in [2.45, 2.75) is 178 Å². The maximum atomic E-state index is 13.9. The molecule has 0 aliphatic carbocycles. The number of amides is 16. The van der Waals surface area contributed by atoms with E-state index in [0.29, 0.717) is 24.0 Å². The zero-order valence-electron chi connectivity index (χ0n) is 63.7. The zero-order chi connectivity index (χ0) is 85.5. The number of carboxylic acid groups (broad SMARTS) is 1. The van der Waals surface area contributed by atoms with Gasteiger partial charge in [0.25, 0.3) is 0 Å². The van der Waals surface area contributed by atoms with Crippen LogP contribution in [0.25, 0.3) is 0 Å². The van der Waals surface area contributed by atoms with E-state index in [-0.39, 0.29) is 93.7 Å². The summed E-state index contributed by atoms with van der Waals surface area (Å²) in [4.78, 5) is 226. The largest absolute Gasteiger partial charge is 0.508 e.